The highest BCUT2D eigenvalue weighted by Gasteiger charge is 2.19. The van der Waals surface area contributed by atoms with E-state index >= 15 is 0 Å². The van der Waals surface area contributed by atoms with Crippen molar-refractivity contribution in [3.8, 4) is 0 Å². The molecule has 1 atom stereocenters. The molecule has 1 fully saturated rings. The molecule has 1 aliphatic heterocycles. The van der Waals surface area contributed by atoms with Gasteiger partial charge in [0.15, 0.2) is 0 Å². The Balaban J connectivity index is 2.05. The van der Waals surface area contributed by atoms with Crippen molar-refractivity contribution < 1.29 is 4.79 Å². The van der Waals surface area contributed by atoms with E-state index in [1.807, 2.05) is 7.05 Å². The number of hydrogen-bond acceptors (Lipinski definition) is 3. The number of likely N-dealkylation sites (tertiary alicyclic amines) is 1. The van der Waals surface area contributed by atoms with E-state index < -0.39 is 0 Å². The molecule has 0 spiro atoms. The summed E-state index contributed by atoms with van der Waals surface area (Å²) in [6.45, 7) is 3.88. The van der Waals surface area contributed by atoms with Gasteiger partial charge in [-0.1, -0.05) is 0 Å². The summed E-state index contributed by atoms with van der Waals surface area (Å²) < 4.78 is 0. The topological polar surface area (TPSA) is 44.4 Å². The lowest BCUT2D eigenvalue weighted by Crippen LogP contribution is -2.32. The van der Waals surface area contributed by atoms with Gasteiger partial charge >= 0.3 is 0 Å². The Labute approximate surface area is 86.0 Å². The van der Waals surface area contributed by atoms with Gasteiger partial charge in [-0.15, -0.1) is 0 Å². The maximum atomic E-state index is 11.3. The van der Waals surface area contributed by atoms with Crippen LogP contribution in [0.2, 0.25) is 0 Å². The monoisotopic (exact) mass is 199 g/mol. The van der Waals surface area contributed by atoms with E-state index in [-0.39, 0.29) is 5.91 Å². The van der Waals surface area contributed by atoms with Gasteiger partial charge in [-0.25, -0.2) is 0 Å². The molecule has 0 bridgehead atoms. The number of nitrogens with one attached hydrogen (secondary N) is 2. The van der Waals surface area contributed by atoms with Crippen molar-refractivity contribution >= 4 is 5.91 Å². The van der Waals surface area contributed by atoms with Crippen LogP contribution in [-0.2, 0) is 4.79 Å². The molecule has 0 saturated carbocycles. The Morgan fingerprint density at radius 2 is 2.36 bits per heavy atom. The van der Waals surface area contributed by atoms with E-state index in [1.165, 1.54) is 6.42 Å². The molecule has 1 rings (SSSR count). The molecule has 1 aliphatic rings. The number of carbonyl (C=O) groups excluding carboxylic acids is 1. The van der Waals surface area contributed by atoms with Crippen molar-refractivity contribution in [3.63, 3.8) is 0 Å². The van der Waals surface area contributed by atoms with Gasteiger partial charge in [-0.05, 0) is 33.0 Å². The van der Waals surface area contributed by atoms with Gasteiger partial charge in [0, 0.05) is 26.1 Å². The highest BCUT2D eigenvalue weighted by molar-refractivity contribution is 5.76. The minimum atomic E-state index is 0.161. The van der Waals surface area contributed by atoms with Crippen LogP contribution < -0.4 is 10.6 Å². The number of nitrogens with zero attached hydrogens (tertiary/aromatic N) is 1. The fourth-order valence-electron chi connectivity index (χ4n) is 1.78. The molecule has 0 aromatic carbocycles. The smallest absolute Gasteiger partial charge is 0.221 e. The fraction of sp³-hybridized carbons (Fsp3) is 0.900. The normalized spacial score (nSPS) is 22.6. The lowest BCUT2D eigenvalue weighted by atomic mass is 10.1. The average Bonchev–Trinajstić information content (AvgIpc) is 2.58. The van der Waals surface area contributed by atoms with Crippen molar-refractivity contribution in [1.29, 1.82) is 0 Å². The van der Waals surface area contributed by atoms with E-state index in [1.54, 1.807) is 0 Å². The van der Waals surface area contributed by atoms with E-state index in [0.29, 0.717) is 12.3 Å². The Morgan fingerprint density at radius 1 is 1.57 bits per heavy atom. The largest absolute Gasteiger partial charge is 0.356 e. The third kappa shape index (κ3) is 4.07. The van der Waals surface area contributed by atoms with Gasteiger partial charge in [0.2, 0.25) is 5.91 Å². The van der Waals surface area contributed by atoms with E-state index in [0.717, 1.165) is 26.2 Å². The second-order valence-corrected chi connectivity index (χ2v) is 4.07. The first kappa shape index (κ1) is 11.5. The van der Waals surface area contributed by atoms with Gasteiger partial charge < -0.3 is 15.5 Å². The van der Waals surface area contributed by atoms with Gasteiger partial charge in [0.05, 0.1) is 0 Å². The molecule has 0 aliphatic carbocycles. The van der Waals surface area contributed by atoms with E-state index in [2.05, 4.69) is 22.6 Å². The molecular weight excluding hydrogens is 178 g/mol. The summed E-state index contributed by atoms with van der Waals surface area (Å²) in [5, 5.41) is 5.94. The average molecular weight is 199 g/mol. The summed E-state index contributed by atoms with van der Waals surface area (Å²) in [7, 11) is 3.99. The van der Waals surface area contributed by atoms with Crippen LogP contribution in [0.3, 0.4) is 0 Å². The minimum absolute atomic E-state index is 0.161. The summed E-state index contributed by atoms with van der Waals surface area (Å²) in [4.78, 5) is 13.6. The van der Waals surface area contributed by atoms with Crippen LogP contribution in [0.15, 0.2) is 0 Å². The second-order valence-electron chi connectivity index (χ2n) is 4.07. The zero-order valence-electron chi connectivity index (χ0n) is 9.18. The number of carbonyl (C=O) groups is 1. The van der Waals surface area contributed by atoms with Gasteiger partial charge in [0.1, 0.15) is 0 Å². The SMILES string of the molecule is CNCCC(=O)NCC1CCN(C)C1. The molecule has 0 aromatic heterocycles. The zero-order valence-corrected chi connectivity index (χ0v) is 9.18. The van der Waals surface area contributed by atoms with Gasteiger partial charge in [-0.3, -0.25) is 4.79 Å². The lowest BCUT2D eigenvalue weighted by molar-refractivity contribution is -0.121. The molecule has 2 N–H and O–H groups in total. The molecule has 1 amide bonds. The Hall–Kier alpha value is -0.610. The molecule has 0 aromatic rings. The summed E-state index contributed by atoms with van der Waals surface area (Å²) in [5.74, 6) is 0.812. The maximum Gasteiger partial charge on any atom is 0.221 e. The molecule has 0 radical (unpaired) electrons. The lowest BCUT2D eigenvalue weighted by Gasteiger charge is -2.11. The third-order valence-corrected chi connectivity index (χ3v) is 2.68. The Morgan fingerprint density at radius 3 is 2.93 bits per heavy atom. The summed E-state index contributed by atoms with van der Waals surface area (Å²) in [5.41, 5.74) is 0. The molecule has 4 heteroatoms. The van der Waals surface area contributed by atoms with Crippen LogP contribution in [-0.4, -0.2) is 51.1 Å². The minimum Gasteiger partial charge on any atom is -0.356 e. The summed E-state index contributed by atoms with van der Waals surface area (Å²) in [6, 6.07) is 0. The van der Waals surface area contributed by atoms with Crippen molar-refractivity contribution in [2.45, 2.75) is 12.8 Å². The van der Waals surface area contributed by atoms with E-state index in [4.69, 9.17) is 0 Å². The summed E-state index contributed by atoms with van der Waals surface area (Å²) in [6.07, 6.45) is 1.79. The van der Waals surface area contributed by atoms with Crippen molar-refractivity contribution in [1.82, 2.24) is 15.5 Å². The summed E-state index contributed by atoms with van der Waals surface area (Å²) >= 11 is 0. The van der Waals surface area contributed by atoms with Crippen LogP contribution >= 0.6 is 0 Å². The molecule has 82 valence electrons. The standard InChI is InChI=1S/C10H21N3O/c1-11-5-3-10(14)12-7-9-4-6-13(2)8-9/h9,11H,3-8H2,1-2H3,(H,12,14). The van der Waals surface area contributed by atoms with Gasteiger partial charge in [0.25, 0.3) is 0 Å². The highest BCUT2D eigenvalue weighted by Crippen LogP contribution is 2.12. The maximum absolute atomic E-state index is 11.3. The molecule has 14 heavy (non-hydrogen) atoms. The number of amides is 1. The van der Waals surface area contributed by atoms with Crippen molar-refractivity contribution in [3.05, 3.63) is 0 Å². The first-order chi connectivity index (χ1) is 6.72. The fourth-order valence-corrected chi connectivity index (χ4v) is 1.78. The van der Waals surface area contributed by atoms with E-state index in [9.17, 15) is 4.79 Å². The third-order valence-electron chi connectivity index (χ3n) is 2.68. The van der Waals surface area contributed by atoms with Gasteiger partial charge in [-0.2, -0.15) is 0 Å². The predicted octanol–water partition coefficient (Wildman–Crippen LogP) is -0.336. The zero-order chi connectivity index (χ0) is 10.4. The number of hydrogen-bond donors (Lipinski definition) is 2. The van der Waals surface area contributed by atoms with Crippen LogP contribution in [0.1, 0.15) is 12.8 Å². The second kappa shape index (κ2) is 5.98. The van der Waals surface area contributed by atoms with Crippen LogP contribution in [0.25, 0.3) is 0 Å². The molecule has 4 nitrogen and oxygen atoms in total. The highest BCUT2D eigenvalue weighted by atomic mass is 16.1. The first-order valence-corrected chi connectivity index (χ1v) is 5.32. The van der Waals surface area contributed by atoms with Crippen molar-refractivity contribution in [2.24, 2.45) is 5.92 Å². The Bertz CT molecular complexity index is 184. The molecule has 1 unspecified atom stereocenters. The Kier molecular flexibility index (Phi) is 4.90. The molecule has 1 heterocycles. The van der Waals surface area contributed by atoms with Crippen LogP contribution in [0, 0.1) is 5.92 Å². The quantitative estimate of drug-likeness (QED) is 0.637. The molecule has 1 saturated heterocycles. The molecular formula is C10H21N3O. The van der Waals surface area contributed by atoms with Crippen LogP contribution in [0.4, 0.5) is 0 Å². The van der Waals surface area contributed by atoms with Crippen LogP contribution in [0.5, 0.6) is 0 Å². The predicted molar refractivity (Wildman–Crippen MR) is 57.2 cm³/mol. The first-order valence-electron chi connectivity index (χ1n) is 5.32. The van der Waals surface area contributed by atoms with Crippen molar-refractivity contribution in [2.75, 3.05) is 40.3 Å². The number of rotatable bonds is 5.